The molecule has 0 aliphatic heterocycles. The largest absolute Gasteiger partial charge is 0.424 e. The standard InChI is InChI=1S/C17H12BrF3N2O2S/c18-10-5-7-11(8-6-10)22-14(24)9-16(25,17(19,20)21)15-23-12-3-1-2-4-13(12)26-15/h1-8,25H,9H2,(H,22,24)/t16-/m0/s1. The number of aromatic nitrogens is 1. The van der Waals surface area contributed by atoms with Gasteiger partial charge >= 0.3 is 6.18 Å². The summed E-state index contributed by atoms with van der Waals surface area (Å²) in [6.45, 7) is 0. The van der Waals surface area contributed by atoms with E-state index in [1.165, 1.54) is 12.1 Å². The van der Waals surface area contributed by atoms with Gasteiger partial charge in [-0.3, -0.25) is 4.79 Å². The maximum absolute atomic E-state index is 13.6. The number of hydrogen-bond donors (Lipinski definition) is 2. The molecule has 1 heterocycles. The number of para-hydroxylation sites is 1. The van der Waals surface area contributed by atoms with Crippen molar-refractivity contribution in [2.45, 2.75) is 18.2 Å². The highest BCUT2D eigenvalue weighted by molar-refractivity contribution is 9.10. The third kappa shape index (κ3) is 3.74. The minimum absolute atomic E-state index is 0.326. The third-order valence-electron chi connectivity index (χ3n) is 3.66. The van der Waals surface area contributed by atoms with Gasteiger partial charge in [0.15, 0.2) is 0 Å². The Hall–Kier alpha value is -1.97. The number of thiazole rings is 1. The van der Waals surface area contributed by atoms with Crippen LogP contribution in [0.15, 0.2) is 53.0 Å². The van der Waals surface area contributed by atoms with Gasteiger partial charge in [-0.2, -0.15) is 13.2 Å². The van der Waals surface area contributed by atoms with Crippen molar-refractivity contribution in [3.05, 3.63) is 58.0 Å². The molecule has 3 rings (SSSR count). The van der Waals surface area contributed by atoms with E-state index in [4.69, 9.17) is 0 Å². The summed E-state index contributed by atoms with van der Waals surface area (Å²) in [5.74, 6) is -0.966. The number of carbonyl (C=O) groups excluding carboxylic acids is 1. The third-order valence-corrected chi connectivity index (χ3v) is 5.38. The van der Waals surface area contributed by atoms with E-state index in [0.717, 1.165) is 4.47 Å². The molecule has 136 valence electrons. The molecular weight excluding hydrogens is 433 g/mol. The van der Waals surface area contributed by atoms with Crippen LogP contribution in [0.25, 0.3) is 10.2 Å². The van der Waals surface area contributed by atoms with Crippen molar-refractivity contribution < 1.29 is 23.1 Å². The summed E-state index contributed by atoms with van der Waals surface area (Å²) in [4.78, 5) is 16.0. The van der Waals surface area contributed by atoms with Crippen molar-refractivity contribution in [3.8, 4) is 0 Å². The Kier molecular flexibility index (Phi) is 5.05. The molecule has 0 saturated heterocycles. The molecule has 2 N–H and O–H groups in total. The van der Waals surface area contributed by atoms with Crippen LogP contribution in [0.1, 0.15) is 11.4 Å². The van der Waals surface area contributed by atoms with Gasteiger partial charge in [0, 0.05) is 10.2 Å². The molecule has 9 heteroatoms. The summed E-state index contributed by atoms with van der Waals surface area (Å²) in [5, 5.41) is 12.2. The zero-order valence-electron chi connectivity index (χ0n) is 13.0. The highest BCUT2D eigenvalue weighted by Gasteiger charge is 2.58. The first-order valence-corrected chi connectivity index (χ1v) is 9.00. The van der Waals surface area contributed by atoms with Crippen molar-refractivity contribution in [2.24, 2.45) is 0 Å². The number of amides is 1. The minimum Gasteiger partial charge on any atom is -0.374 e. The molecule has 26 heavy (non-hydrogen) atoms. The predicted molar refractivity (Wildman–Crippen MR) is 97.0 cm³/mol. The molecular formula is C17H12BrF3N2O2S. The zero-order chi connectivity index (χ0) is 18.9. The Morgan fingerprint density at radius 1 is 1.15 bits per heavy atom. The average molecular weight is 445 g/mol. The maximum Gasteiger partial charge on any atom is 0.424 e. The smallest absolute Gasteiger partial charge is 0.374 e. The van der Waals surface area contributed by atoms with E-state index in [9.17, 15) is 23.1 Å². The van der Waals surface area contributed by atoms with Crippen LogP contribution in [-0.4, -0.2) is 22.2 Å². The topological polar surface area (TPSA) is 62.2 Å². The second-order valence-electron chi connectivity index (χ2n) is 5.58. The van der Waals surface area contributed by atoms with E-state index >= 15 is 0 Å². The van der Waals surface area contributed by atoms with Crippen molar-refractivity contribution >= 4 is 49.1 Å². The molecule has 3 aromatic rings. The van der Waals surface area contributed by atoms with Crippen molar-refractivity contribution in [2.75, 3.05) is 5.32 Å². The number of rotatable bonds is 4. The number of halogens is 4. The Morgan fingerprint density at radius 3 is 2.42 bits per heavy atom. The molecule has 2 aromatic carbocycles. The summed E-state index contributed by atoms with van der Waals surface area (Å²) in [6.07, 6.45) is -6.25. The average Bonchev–Trinajstić information content (AvgIpc) is 3.00. The highest BCUT2D eigenvalue weighted by Crippen LogP contribution is 2.44. The molecule has 0 saturated carbocycles. The normalized spacial score (nSPS) is 14.2. The Morgan fingerprint density at radius 2 is 1.81 bits per heavy atom. The van der Waals surface area contributed by atoms with Gasteiger partial charge in [0.05, 0.1) is 16.6 Å². The number of nitrogens with one attached hydrogen (secondary N) is 1. The molecule has 1 atom stereocenters. The number of carbonyl (C=O) groups is 1. The van der Waals surface area contributed by atoms with Crippen LogP contribution in [0.5, 0.6) is 0 Å². The van der Waals surface area contributed by atoms with Crippen molar-refractivity contribution in [1.29, 1.82) is 0 Å². The number of alkyl halides is 3. The van der Waals surface area contributed by atoms with E-state index in [2.05, 4.69) is 26.2 Å². The monoisotopic (exact) mass is 444 g/mol. The zero-order valence-corrected chi connectivity index (χ0v) is 15.5. The number of anilines is 1. The lowest BCUT2D eigenvalue weighted by molar-refractivity contribution is -0.266. The second kappa shape index (κ2) is 6.98. The summed E-state index contributed by atoms with van der Waals surface area (Å²) >= 11 is 3.94. The van der Waals surface area contributed by atoms with E-state index in [-0.39, 0.29) is 0 Å². The summed E-state index contributed by atoms with van der Waals surface area (Å²) < 4.78 is 42.1. The molecule has 1 aromatic heterocycles. The molecule has 0 radical (unpaired) electrons. The van der Waals surface area contributed by atoms with Crippen LogP contribution >= 0.6 is 27.3 Å². The van der Waals surface area contributed by atoms with Gasteiger partial charge in [-0.25, -0.2) is 4.98 Å². The fourth-order valence-electron chi connectivity index (χ4n) is 2.32. The van der Waals surface area contributed by atoms with Gasteiger partial charge in [0.2, 0.25) is 11.5 Å². The van der Waals surface area contributed by atoms with E-state index in [0.29, 0.717) is 27.2 Å². The fraction of sp³-hybridized carbons (Fsp3) is 0.176. The lowest BCUT2D eigenvalue weighted by Crippen LogP contribution is -2.45. The highest BCUT2D eigenvalue weighted by atomic mass is 79.9. The van der Waals surface area contributed by atoms with Gasteiger partial charge in [0.1, 0.15) is 5.01 Å². The van der Waals surface area contributed by atoms with Gasteiger partial charge in [-0.05, 0) is 36.4 Å². The number of hydrogen-bond acceptors (Lipinski definition) is 4. The number of fused-ring (bicyclic) bond motifs is 1. The molecule has 4 nitrogen and oxygen atoms in total. The number of benzene rings is 2. The maximum atomic E-state index is 13.6. The van der Waals surface area contributed by atoms with Crippen LogP contribution in [0, 0.1) is 0 Å². The molecule has 0 spiro atoms. The Balaban J connectivity index is 1.90. The second-order valence-corrected chi connectivity index (χ2v) is 7.52. The van der Waals surface area contributed by atoms with E-state index in [1.54, 1.807) is 36.4 Å². The van der Waals surface area contributed by atoms with Gasteiger partial charge in [-0.1, -0.05) is 28.1 Å². The van der Waals surface area contributed by atoms with Gasteiger partial charge in [-0.15, -0.1) is 11.3 Å². The van der Waals surface area contributed by atoms with Crippen LogP contribution in [-0.2, 0) is 10.4 Å². The summed E-state index contributed by atoms with van der Waals surface area (Å²) in [6, 6.07) is 12.8. The Labute approximate surface area is 158 Å². The Bertz CT molecular complexity index is 910. The van der Waals surface area contributed by atoms with E-state index in [1.807, 2.05) is 0 Å². The lowest BCUT2D eigenvalue weighted by atomic mass is 9.99. The van der Waals surface area contributed by atoms with Crippen LogP contribution < -0.4 is 5.32 Å². The first kappa shape index (κ1) is 18.8. The van der Waals surface area contributed by atoms with E-state index < -0.39 is 29.1 Å². The van der Waals surface area contributed by atoms with Crippen LogP contribution in [0.4, 0.5) is 18.9 Å². The molecule has 0 unspecified atom stereocenters. The SMILES string of the molecule is O=C(C[C@](O)(c1nc2ccccc2s1)C(F)(F)F)Nc1ccc(Br)cc1. The predicted octanol–water partition coefficient (Wildman–Crippen LogP) is 4.84. The first-order chi connectivity index (χ1) is 12.2. The molecule has 0 bridgehead atoms. The molecule has 1 amide bonds. The van der Waals surface area contributed by atoms with Crippen molar-refractivity contribution in [3.63, 3.8) is 0 Å². The van der Waals surface area contributed by atoms with Crippen molar-refractivity contribution in [1.82, 2.24) is 4.98 Å². The van der Waals surface area contributed by atoms with Crippen LogP contribution in [0.2, 0.25) is 0 Å². The lowest BCUT2D eigenvalue weighted by Gasteiger charge is -2.27. The quantitative estimate of drug-likeness (QED) is 0.605. The summed E-state index contributed by atoms with van der Waals surface area (Å²) in [7, 11) is 0. The molecule has 0 aliphatic carbocycles. The minimum atomic E-state index is -5.06. The fourth-order valence-corrected chi connectivity index (χ4v) is 3.66. The van der Waals surface area contributed by atoms with Crippen LogP contribution in [0.3, 0.4) is 0 Å². The molecule has 0 aliphatic rings. The van der Waals surface area contributed by atoms with Gasteiger partial charge < -0.3 is 10.4 Å². The molecule has 0 fully saturated rings. The summed E-state index contributed by atoms with van der Waals surface area (Å²) in [5.41, 5.74) is -2.70. The first-order valence-electron chi connectivity index (χ1n) is 7.39. The number of aliphatic hydroxyl groups is 1. The van der Waals surface area contributed by atoms with Gasteiger partial charge in [0.25, 0.3) is 0 Å². The number of nitrogens with zero attached hydrogens (tertiary/aromatic N) is 1.